The number of rotatable bonds is 4. The number of hydrogen-bond donors (Lipinski definition) is 1. The van der Waals surface area contributed by atoms with E-state index >= 15 is 0 Å². The Labute approximate surface area is 121 Å². The fourth-order valence-corrected chi connectivity index (χ4v) is 3.17. The summed E-state index contributed by atoms with van der Waals surface area (Å²) in [6.07, 6.45) is 3.32. The number of anilines is 1. The van der Waals surface area contributed by atoms with Gasteiger partial charge in [0.1, 0.15) is 5.82 Å². The molecule has 0 bridgehead atoms. The molecule has 1 fully saturated rings. The predicted octanol–water partition coefficient (Wildman–Crippen LogP) is 2.47. The number of likely N-dealkylation sites (N-methyl/N-ethyl adjacent to an activating group) is 1. The summed E-state index contributed by atoms with van der Waals surface area (Å²) in [4.78, 5) is 4.74. The molecule has 1 heterocycles. The highest BCUT2D eigenvalue weighted by atomic mass is 19.1. The zero-order valence-electron chi connectivity index (χ0n) is 12.6. The Kier molecular flexibility index (Phi) is 5.00. The summed E-state index contributed by atoms with van der Waals surface area (Å²) in [6, 6.07) is 6.72. The van der Waals surface area contributed by atoms with Crippen LogP contribution in [0.25, 0.3) is 0 Å². The molecule has 1 aromatic carbocycles. The van der Waals surface area contributed by atoms with Crippen LogP contribution in [-0.2, 0) is 0 Å². The molecule has 112 valence electrons. The average Bonchev–Trinajstić information content (AvgIpc) is 2.70. The van der Waals surface area contributed by atoms with Crippen molar-refractivity contribution < 1.29 is 4.39 Å². The molecule has 1 aliphatic heterocycles. The van der Waals surface area contributed by atoms with E-state index in [0.717, 1.165) is 44.6 Å². The third-order valence-corrected chi connectivity index (χ3v) is 4.76. The van der Waals surface area contributed by atoms with Crippen molar-refractivity contribution in [3.05, 3.63) is 30.1 Å². The van der Waals surface area contributed by atoms with Crippen LogP contribution in [0.1, 0.15) is 26.2 Å². The van der Waals surface area contributed by atoms with Gasteiger partial charge in [0, 0.05) is 25.8 Å². The van der Waals surface area contributed by atoms with Crippen LogP contribution in [0.3, 0.4) is 0 Å². The number of halogens is 1. The lowest BCUT2D eigenvalue weighted by Crippen LogP contribution is -2.53. The molecule has 0 saturated carbocycles. The maximum atomic E-state index is 13.1. The Morgan fingerprint density at radius 2 is 1.95 bits per heavy atom. The highest BCUT2D eigenvalue weighted by molar-refractivity contribution is 5.48. The van der Waals surface area contributed by atoms with Crippen LogP contribution in [0.4, 0.5) is 10.1 Å². The van der Waals surface area contributed by atoms with Crippen molar-refractivity contribution >= 4 is 5.69 Å². The van der Waals surface area contributed by atoms with Gasteiger partial charge < -0.3 is 15.5 Å². The van der Waals surface area contributed by atoms with Crippen molar-refractivity contribution in [2.24, 2.45) is 5.73 Å². The molecule has 1 unspecified atom stereocenters. The summed E-state index contributed by atoms with van der Waals surface area (Å²) in [5.74, 6) is -0.193. The Morgan fingerprint density at radius 1 is 1.25 bits per heavy atom. The Balaban J connectivity index is 2.19. The highest BCUT2D eigenvalue weighted by Crippen LogP contribution is 2.31. The standard InChI is InChI=1S/C16H26FN3/c1-3-20-11-4-9-16(13-18,10-12-20)19(2)15-7-5-14(17)6-8-15/h5-8H,3-4,9-13,18H2,1-2H3. The number of likely N-dealkylation sites (tertiary alicyclic amines) is 1. The zero-order valence-corrected chi connectivity index (χ0v) is 12.6. The molecule has 0 radical (unpaired) electrons. The van der Waals surface area contributed by atoms with Crippen LogP contribution in [0, 0.1) is 5.82 Å². The van der Waals surface area contributed by atoms with E-state index in [-0.39, 0.29) is 11.4 Å². The van der Waals surface area contributed by atoms with Crippen LogP contribution < -0.4 is 10.6 Å². The van der Waals surface area contributed by atoms with Gasteiger partial charge in [-0.25, -0.2) is 4.39 Å². The van der Waals surface area contributed by atoms with Gasteiger partial charge in [-0.2, -0.15) is 0 Å². The summed E-state index contributed by atoms with van der Waals surface area (Å²) in [6.45, 7) is 6.17. The predicted molar refractivity (Wildman–Crippen MR) is 82.6 cm³/mol. The van der Waals surface area contributed by atoms with Crippen LogP contribution in [-0.4, -0.2) is 43.7 Å². The van der Waals surface area contributed by atoms with Crippen molar-refractivity contribution in [2.75, 3.05) is 38.1 Å². The lowest BCUT2D eigenvalue weighted by atomic mass is 9.88. The van der Waals surface area contributed by atoms with Gasteiger partial charge in [-0.05, 0) is 56.6 Å². The fourth-order valence-electron chi connectivity index (χ4n) is 3.17. The second kappa shape index (κ2) is 6.55. The van der Waals surface area contributed by atoms with Crippen molar-refractivity contribution in [3.63, 3.8) is 0 Å². The van der Waals surface area contributed by atoms with Gasteiger partial charge in [-0.15, -0.1) is 0 Å². The molecule has 20 heavy (non-hydrogen) atoms. The third kappa shape index (κ3) is 3.13. The van der Waals surface area contributed by atoms with Gasteiger partial charge >= 0.3 is 0 Å². The van der Waals surface area contributed by atoms with E-state index in [0.29, 0.717) is 6.54 Å². The largest absolute Gasteiger partial charge is 0.368 e. The summed E-state index contributed by atoms with van der Waals surface area (Å²) in [5.41, 5.74) is 7.16. The van der Waals surface area contributed by atoms with Crippen molar-refractivity contribution in [1.82, 2.24) is 4.90 Å². The van der Waals surface area contributed by atoms with Crippen molar-refractivity contribution in [3.8, 4) is 0 Å². The molecule has 0 spiro atoms. The number of nitrogens with zero attached hydrogens (tertiary/aromatic N) is 2. The smallest absolute Gasteiger partial charge is 0.123 e. The van der Waals surface area contributed by atoms with E-state index in [4.69, 9.17) is 5.73 Å². The molecule has 1 saturated heterocycles. The second-order valence-electron chi connectivity index (χ2n) is 5.75. The van der Waals surface area contributed by atoms with E-state index in [1.807, 2.05) is 12.1 Å². The molecule has 0 aliphatic carbocycles. The minimum absolute atomic E-state index is 0.0122. The van der Waals surface area contributed by atoms with Gasteiger partial charge in [0.25, 0.3) is 0 Å². The highest BCUT2D eigenvalue weighted by Gasteiger charge is 2.35. The number of nitrogens with two attached hydrogens (primary N) is 1. The number of hydrogen-bond acceptors (Lipinski definition) is 3. The Hall–Kier alpha value is -1.13. The van der Waals surface area contributed by atoms with Crippen molar-refractivity contribution in [2.45, 2.75) is 31.7 Å². The number of benzene rings is 1. The molecular weight excluding hydrogens is 253 g/mol. The first kappa shape index (κ1) is 15.3. The third-order valence-electron chi connectivity index (χ3n) is 4.76. The first-order valence-corrected chi connectivity index (χ1v) is 7.53. The summed E-state index contributed by atoms with van der Waals surface area (Å²) in [5, 5.41) is 0. The van der Waals surface area contributed by atoms with Gasteiger partial charge in [0.2, 0.25) is 0 Å². The van der Waals surface area contributed by atoms with Gasteiger partial charge in [0.15, 0.2) is 0 Å². The second-order valence-corrected chi connectivity index (χ2v) is 5.75. The molecular formula is C16H26FN3. The topological polar surface area (TPSA) is 32.5 Å². The normalized spacial score (nSPS) is 24.4. The molecule has 4 heteroatoms. The van der Waals surface area contributed by atoms with E-state index in [2.05, 4.69) is 23.8 Å². The van der Waals surface area contributed by atoms with Gasteiger partial charge in [0.05, 0.1) is 5.54 Å². The van der Waals surface area contributed by atoms with E-state index in [9.17, 15) is 4.39 Å². The molecule has 1 aromatic rings. The summed E-state index contributed by atoms with van der Waals surface area (Å²) >= 11 is 0. The maximum Gasteiger partial charge on any atom is 0.123 e. The average molecular weight is 279 g/mol. The zero-order chi connectivity index (χ0) is 14.6. The SMILES string of the molecule is CCN1CCCC(CN)(N(C)c2ccc(F)cc2)CC1. The van der Waals surface area contributed by atoms with Crippen LogP contribution in [0.2, 0.25) is 0 Å². The molecule has 3 nitrogen and oxygen atoms in total. The van der Waals surface area contributed by atoms with E-state index < -0.39 is 0 Å². The summed E-state index contributed by atoms with van der Waals surface area (Å²) in [7, 11) is 2.09. The van der Waals surface area contributed by atoms with E-state index in [1.54, 1.807) is 0 Å². The van der Waals surface area contributed by atoms with Crippen LogP contribution in [0.15, 0.2) is 24.3 Å². The first-order valence-electron chi connectivity index (χ1n) is 7.53. The van der Waals surface area contributed by atoms with Crippen LogP contribution in [0.5, 0.6) is 0 Å². The monoisotopic (exact) mass is 279 g/mol. The Morgan fingerprint density at radius 3 is 2.55 bits per heavy atom. The van der Waals surface area contributed by atoms with Crippen LogP contribution >= 0.6 is 0 Å². The molecule has 1 atom stereocenters. The maximum absolute atomic E-state index is 13.1. The molecule has 0 amide bonds. The Bertz CT molecular complexity index is 420. The first-order chi connectivity index (χ1) is 9.61. The molecule has 0 aromatic heterocycles. The van der Waals surface area contributed by atoms with E-state index in [1.165, 1.54) is 12.1 Å². The lowest BCUT2D eigenvalue weighted by Gasteiger charge is -2.42. The summed E-state index contributed by atoms with van der Waals surface area (Å²) < 4.78 is 13.1. The van der Waals surface area contributed by atoms with Crippen molar-refractivity contribution in [1.29, 1.82) is 0 Å². The minimum Gasteiger partial charge on any atom is -0.368 e. The molecule has 2 rings (SSSR count). The van der Waals surface area contributed by atoms with Gasteiger partial charge in [-0.1, -0.05) is 6.92 Å². The fraction of sp³-hybridized carbons (Fsp3) is 0.625. The lowest BCUT2D eigenvalue weighted by molar-refractivity contribution is 0.287. The molecule has 2 N–H and O–H groups in total. The molecule has 1 aliphatic rings. The quantitative estimate of drug-likeness (QED) is 0.919. The minimum atomic E-state index is -0.193. The van der Waals surface area contributed by atoms with Gasteiger partial charge in [-0.3, -0.25) is 0 Å².